The number of carbonyl (C=O) groups excluding carboxylic acids is 2. The first-order valence-corrected chi connectivity index (χ1v) is 14.2. The highest BCUT2D eigenvalue weighted by molar-refractivity contribution is 5.96. The van der Waals surface area contributed by atoms with Crippen molar-refractivity contribution in [3.8, 4) is 17.0 Å². The van der Waals surface area contributed by atoms with Gasteiger partial charge in [0, 0.05) is 66.7 Å². The van der Waals surface area contributed by atoms with Crippen molar-refractivity contribution in [2.75, 3.05) is 18.4 Å². The second kappa shape index (κ2) is 10.8. The fourth-order valence-electron chi connectivity index (χ4n) is 6.26. The molecule has 7 rings (SSSR count). The molecule has 5 atom stereocenters. The number of hydrogen-bond acceptors (Lipinski definition) is 5. The molecule has 222 valence electrons. The van der Waals surface area contributed by atoms with Gasteiger partial charge in [-0.05, 0) is 48.0 Å². The Hall–Kier alpha value is -4.22. The topological polar surface area (TPSA) is 84.4 Å². The minimum absolute atomic E-state index is 0.0850. The molecule has 4 heterocycles. The van der Waals surface area contributed by atoms with Gasteiger partial charge in [0.25, 0.3) is 0 Å². The van der Waals surface area contributed by atoms with Gasteiger partial charge in [-0.1, -0.05) is 6.07 Å². The van der Waals surface area contributed by atoms with E-state index >= 15 is 0 Å². The summed E-state index contributed by atoms with van der Waals surface area (Å²) >= 11 is 0. The molecule has 7 nitrogen and oxygen atoms in total. The number of halogens is 4. The van der Waals surface area contributed by atoms with Crippen LogP contribution < -0.4 is 20.7 Å². The maximum Gasteiger partial charge on any atom is 0.241 e. The van der Waals surface area contributed by atoms with Gasteiger partial charge in [-0.3, -0.25) is 9.59 Å². The lowest BCUT2D eigenvalue weighted by Gasteiger charge is -2.30. The predicted molar refractivity (Wildman–Crippen MR) is 152 cm³/mol. The quantitative estimate of drug-likeness (QED) is 0.275. The van der Waals surface area contributed by atoms with Crippen LogP contribution in [0.4, 0.5) is 23.2 Å². The number of carbonyl (C=O) groups is 2. The van der Waals surface area contributed by atoms with Crippen LogP contribution in [0, 0.1) is 11.6 Å². The van der Waals surface area contributed by atoms with Gasteiger partial charge in [0.15, 0.2) is 5.78 Å². The molecular weight excluding hydrogens is 564 g/mol. The summed E-state index contributed by atoms with van der Waals surface area (Å²) in [7, 11) is 0. The Morgan fingerprint density at radius 3 is 2.30 bits per heavy atom. The van der Waals surface area contributed by atoms with Crippen LogP contribution >= 0.6 is 0 Å². The van der Waals surface area contributed by atoms with E-state index < -0.39 is 42.3 Å². The molecule has 1 aromatic heterocycles. The van der Waals surface area contributed by atoms with E-state index in [1.165, 1.54) is 12.1 Å². The van der Waals surface area contributed by atoms with Gasteiger partial charge >= 0.3 is 0 Å². The van der Waals surface area contributed by atoms with Crippen LogP contribution in [-0.2, 0) is 16.0 Å². The lowest BCUT2D eigenvalue weighted by molar-refractivity contribution is -0.120. The average Bonchev–Trinajstić information content (AvgIpc) is 3.70. The van der Waals surface area contributed by atoms with Crippen molar-refractivity contribution in [3.63, 3.8) is 0 Å². The molecule has 2 saturated heterocycles. The molecule has 0 aliphatic carbocycles. The van der Waals surface area contributed by atoms with E-state index in [9.17, 15) is 27.2 Å². The minimum atomic E-state index is -1.09. The zero-order valence-electron chi connectivity index (χ0n) is 22.9. The lowest BCUT2D eigenvalue weighted by atomic mass is 10.0. The van der Waals surface area contributed by atoms with Crippen molar-refractivity contribution in [2.45, 2.75) is 49.9 Å². The molecule has 3 N–H and O–H groups in total. The summed E-state index contributed by atoms with van der Waals surface area (Å²) in [4.78, 5) is 25.5. The van der Waals surface area contributed by atoms with Gasteiger partial charge in [-0.25, -0.2) is 17.6 Å². The molecular formula is C32H28F4N4O3. The molecule has 0 saturated carbocycles. The van der Waals surface area contributed by atoms with Gasteiger partial charge < -0.3 is 25.3 Å². The molecule has 0 bridgehead atoms. The number of rotatable bonds is 6. The molecule has 1 amide bonds. The normalized spacial score (nSPS) is 24.4. The van der Waals surface area contributed by atoms with E-state index in [-0.39, 0.29) is 49.6 Å². The van der Waals surface area contributed by atoms with Crippen LogP contribution in [0.5, 0.6) is 5.75 Å². The van der Waals surface area contributed by atoms with Crippen molar-refractivity contribution in [3.05, 3.63) is 83.4 Å². The van der Waals surface area contributed by atoms with Crippen molar-refractivity contribution < 1.29 is 31.9 Å². The Labute approximate surface area is 244 Å². The molecule has 3 aliphatic rings. The molecule has 1 unspecified atom stereocenters. The first-order chi connectivity index (χ1) is 20.7. The van der Waals surface area contributed by atoms with Crippen LogP contribution in [0.3, 0.4) is 0 Å². The summed E-state index contributed by atoms with van der Waals surface area (Å²) in [5, 5.41) is 9.36. The molecule has 3 aliphatic heterocycles. The molecule has 43 heavy (non-hydrogen) atoms. The maximum absolute atomic E-state index is 14.4. The number of nitrogens with zero attached hydrogens (tertiary/aromatic N) is 1. The second-order valence-electron chi connectivity index (χ2n) is 11.4. The van der Waals surface area contributed by atoms with Gasteiger partial charge in [0.2, 0.25) is 12.1 Å². The van der Waals surface area contributed by atoms with E-state index in [1.807, 2.05) is 28.8 Å². The van der Waals surface area contributed by atoms with Gasteiger partial charge in [0.1, 0.15) is 29.7 Å². The van der Waals surface area contributed by atoms with E-state index in [2.05, 4.69) is 16.0 Å². The predicted octanol–water partition coefficient (Wildman–Crippen LogP) is 4.98. The number of nitrogens with one attached hydrogen (secondary N) is 3. The fraction of sp³-hybridized carbons (Fsp3) is 0.312. The lowest BCUT2D eigenvalue weighted by Crippen LogP contribution is -2.35. The molecule has 2 fully saturated rings. The Balaban J connectivity index is 1.26. The van der Waals surface area contributed by atoms with Crippen LogP contribution in [0.2, 0.25) is 0 Å². The number of ether oxygens (including phenoxy) is 1. The summed E-state index contributed by atoms with van der Waals surface area (Å²) < 4.78 is 64.1. The second-order valence-corrected chi connectivity index (χ2v) is 11.4. The molecule has 0 spiro atoms. The van der Waals surface area contributed by atoms with Crippen molar-refractivity contribution >= 4 is 28.3 Å². The summed E-state index contributed by atoms with van der Waals surface area (Å²) in [5.74, 6) is -1.58. The number of aromatic nitrogens is 1. The van der Waals surface area contributed by atoms with Gasteiger partial charge in [-0.2, -0.15) is 0 Å². The van der Waals surface area contributed by atoms with Crippen LogP contribution in [0.1, 0.15) is 30.2 Å². The van der Waals surface area contributed by atoms with E-state index in [4.69, 9.17) is 4.74 Å². The first kappa shape index (κ1) is 27.6. The number of fused-ring (bicyclic) bond motifs is 5. The zero-order chi connectivity index (χ0) is 29.8. The van der Waals surface area contributed by atoms with Crippen molar-refractivity contribution in [2.24, 2.45) is 0 Å². The monoisotopic (exact) mass is 592 g/mol. The minimum Gasteiger partial charge on any atom is -0.465 e. The van der Waals surface area contributed by atoms with Gasteiger partial charge in [-0.15, -0.1) is 0 Å². The van der Waals surface area contributed by atoms with Crippen LogP contribution in [0.25, 0.3) is 22.2 Å². The Morgan fingerprint density at radius 1 is 0.884 bits per heavy atom. The third kappa shape index (κ3) is 5.27. The van der Waals surface area contributed by atoms with Gasteiger partial charge in [0.05, 0.1) is 23.3 Å². The van der Waals surface area contributed by atoms with E-state index in [0.717, 1.165) is 22.5 Å². The highest BCUT2D eigenvalue weighted by atomic mass is 19.1. The summed E-state index contributed by atoms with van der Waals surface area (Å²) in [6.07, 6.45) is -2.68. The molecule has 0 radical (unpaired) electrons. The van der Waals surface area contributed by atoms with Crippen LogP contribution in [0.15, 0.2) is 60.7 Å². The Morgan fingerprint density at radius 2 is 1.60 bits per heavy atom. The smallest absolute Gasteiger partial charge is 0.241 e. The molecule has 3 aromatic carbocycles. The maximum atomic E-state index is 14.4. The number of Topliss-reactive ketones (excluding diaryl/α,β-unsaturated/α-hetero) is 1. The number of amides is 1. The largest absolute Gasteiger partial charge is 0.465 e. The number of alkyl halides is 2. The van der Waals surface area contributed by atoms with E-state index in [0.29, 0.717) is 22.7 Å². The van der Waals surface area contributed by atoms with Crippen molar-refractivity contribution in [1.29, 1.82) is 0 Å². The highest BCUT2D eigenvalue weighted by Crippen LogP contribution is 2.45. The number of ketones is 1. The number of hydrogen-bond donors (Lipinski definition) is 3. The fourth-order valence-corrected chi connectivity index (χ4v) is 6.26. The summed E-state index contributed by atoms with van der Waals surface area (Å²) in [6, 6.07) is 14.6. The number of benzene rings is 3. The third-order valence-electron chi connectivity index (χ3n) is 8.31. The third-order valence-corrected chi connectivity index (χ3v) is 8.31. The summed E-state index contributed by atoms with van der Waals surface area (Å²) in [6.45, 7) is 0.289. The Bertz CT molecular complexity index is 1740. The molecule has 4 aromatic rings. The highest BCUT2D eigenvalue weighted by Gasteiger charge is 2.33. The molecule has 11 heteroatoms. The average molecular weight is 593 g/mol. The number of anilines is 1. The van der Waals surface area contributed by atoms with E-state index in [1.54, 1.807) is 18.2 Å². The zero-order valence-corrected chi connectivity index (χ0v) is 22.9. The van der Waals surface area contributed by atoms with Crippen LogP contribution in [-0.4, -0.2) is 53.8 Å². The standard InChI is InChI=1S/C32H28F4N4O3/c33-19-7-18(8-20(34)10-19)32-40-27-4-1-16(6-29(41)25-11-21(35)14-37-25)5-17(27)9-28(40)24-3-2-23(13-30(24)43-32)39-31(42)26-12-22(36)15-38-26/h1-5,7-10,13,21-22,25-26,32,37-38H,6,11-12,14-15H2,(H,39,42)/t21-,22+,25-,26-,32?/m0/s1. The van der Waals surface area contributed by atoms with Crippen molar-refractivity contribution in [1.82, 2.24) is 15.2 Å². The summed E-state index contributed by atoms with van der Waals surface area (Å²) in [5.41, 5.74) is 3.55. The first-order valence-electron chi connectivity index (χ1n) is 14.2. The SMILES string of the molecule is O=C(Cc1ccc2c(c1)cc1n2C(c2cc(F)cc(F)c2)Oc2cc(NC(=O)[C@@H]3C[C@@H](F)CN3)ccc2-1)[C@@H]1C[C@H](F)CN1. The Kier molecular flexibility index (Phi) is 6.94.